The zero-order valence-electron chi connectivity index (χ0n) is 10.6. The van der Waals surface area contributed by atoms with Crippen molar-refractivity contribution in [3.05, 3.63) is 23.2 Å². The first-order valence-electron chi connectivity index (χ1n) is 5.37. The fourth-order valence-corrected chi connectivity index (χ4v) is 2.09. The van der Waals surface area contributed by atoms with Crippen LogP contribution in [0.15, 0.2) is 23.1 Å². The van der Waals surface area contributed by atoms with E-state index in [9.17, 15) is 13.2 Å². The highest BCUT2D eigenvalue weighted by molar-refractivity contribution is 7.89. The minimum atomic E-state index is -3.79. The number of carbonyl (C=O) groups is 1. The lowest BCUT2D eigenvalue weighted by molar-refractivity contribution is -0.129. The summed E-state index contributed by atoms with van der Waals surface area (Å²) >= 11 is 5.87. The third kappa shape index (κ3) is 4.70. The van der Waals surface area contributed by atoms with Gasteiger partial charge in [-0.3, -0.25) is 4.79 Å². The summed E-state index contributed by atoms with van der Waals surface area (Å²) in [5, 5.41) is 5.10. The number of nitrogens with zero attached hydrogens (tertiary/aromatic N) is 1. The smallest absolute Gasteiger partial charge is 0.238 e. The lowest BCUT2D eigenvalue weighted by Crippen LogP contribution is -2.23. The average Bonchev–Trinajstić information content (AvgIpc) is 2.29. The van der Waals surface area contributed by atoms with E-state index >= 15 is 0 Å². The summed E-state index contributed by atoms with van der Waals surface area (Å²) in [6.07, 6.45) is 0.209. The van der Waals surface area contributed by atoms with Gasteiger partial charge in [-0.15, -0.1) is 0 Å². The number of hydrogen-bond donors (Lipinski definition) is 1. The Labute approximate surface area is 117 Å². The SMILES string of the molecule is CN(C)C(=O)CCOc1ccc(S(N)(=O)=O)cc1Cl. The molecule has 0 bridgehead atoms. The Bertz CT molecular complexity index is 572. The van der Waals surface area contributed by atoms with E-state index in [4.69, 9.17) is 21.5 Å². The van der Waals surface area contributed by atoms with Crippen LogP contribution in [0.3, 0.4) is 0 Å². The molecule has 2 N–H and O–H groups in total. The number of rotatable bonds is 5. The Morgan fingerprint density at radius 3 is 2.53 bits per heavy atom. The molecule has 6 nitrogen and oxygen atoms in total. The molecule has 0 fully saturated rings. The number of halogens is 1. The molecular formula is C11H15ClN2O4S. The highest BCUT2D eigenvalue weighted by Crippen LogP contribution is 2.26. The maximum atomic E-state index is 11.3. The van der Waals surface area contributed by atoms with Gasteiger partial charge >= 0.3 is 0 Å². The molecule has 0 saturated heterocycles. The summed E-state index contributed by atoms with van der Waals surface area (Å²) in [5.74, 6) is 0.234. The molecule has 8 heteroatoms. The molecule has 0 aromatic heterocycles. The number of hydrogen-bond acceptors (Lipinski definition) is 4. The molecule has 0 aliphatic carbocycles. The lowest BCUT2D eigenvalue weighted by atomic mass is 10.3. The highest BCUT2D eigenvalue weighted by atomic mass is 35.5. The number of ether oxygens (including phenoxy) is 1. The van der Waals surface area contributed by atoms with Crippen LogP contribution in [0.1, 0.15) is 6.42 Å². The van der Waals surface area contributed by atoms with Crippen LogP contribution in [0.5, 0.6) is 5.75 Å². The van der Waals surface area contributed by atoms with E-state index in [1.165, 1.54) is 23.1 Å². The van der Waals surface area contributed by atoms with Crippen molar-refractivity contribution in [2.24, 2.45) is 5.14 Å². The van der Waals surface area contributed by atoms with Crippen LogP contribution in [-0.2, 0) is 14.8 Å². The van der Waals surface area contributed by atoms with Crippen LogP contribution in [0.25, 0.3) is 0 Å². The van der Waals surface area contributed by atoms with Crippen molar-refractivity contribution < 1.29 is 17.9 Å². The molecule has 1 amide bonds. The molecule has 0 unspecified atom stereocenters. The minimum Gasteiger partial charge on any atom is -0.491 e. The Hall–Kier alpha value is -1.31. The molecule has 0 saturated carbocycles. The highest BCUT2D eigenvalue weighted by Gasteiger charge is 2.11. The van der Waals surface area contributed by atoms with Crippen LogP contribution < -0.4 is 9.88 Å². The molecule has 0 spiro atoms. The molecule has 1 aromatic carbocycles. The van der Waals surface area contributed by atoms with Gasteiger partial charge in [-0.05, 0) is 18.2 Å². The van der Waals surface area contributed by atoms with E-state index in [2.05, 4.69) is 0 Å². The van der Waals surface area contributed by atoms with Crippen molar-refractivity contribution in [3.63, 3.8) is 0 Å². The van der Waals surface area contributed by atoms with E-state index in [-0.39, 0.29) is 28.9 Å². The van der Waals surface area contributed by atoms with Crippen LogP contribution in [0, 0.1) is 0 Å². The van der Waals surface area contributed by atoms with Gasteiger partial charge in [-0.2, -0.15) is 0 Å². The van der Waals surface area contributed by atoms with Gasteiger partial charge in [0.2, 0.25) is 15.9 Å². The molecular weight excluding hydrogens is 292 g/mol. The second kappa shape index (κ2) is 6.23. The molecule has 106 valence electrons. The fourth-order valence-electron chi connectivity index (χ4n) is 1.25. The summed E-state index contributed by atoms with van der Waals surface area (Å²) in [6, 6.07) is 3.91. The van der Waals surface area contributed by atoms with Crippen LogP contribution in [-0.4, -0.2) is 39.9 Å². The van der Waals surface area contributed by atoms with Gasteiger partial charge in [0.15, 0.2) is 0 Å². The second-order valence-corrected chi connectivity index (χ2v) is 5.99. The summed E-state index contributed by atoms with van der Waals surface area (Å²) in [7, 11) is -0.490. The van der Waals surface area contributed by atoms with Crippen molar-refractivity contribution in [2.75, 3.05) is 20.7 Å². The van der Waals surface area contributed by atoms with Crippen LogP contribution in [0.2, 0.25) is 5.02 Å². The first-order valence-corrected chi connectivity index (χ1v) is 7.29. The zero-order chi connectivity index (χ0) is 14.6. The largest absolute Gasteiger partial charge is 0.491 e. The predicted molar refractivity (Wildman–Crippen MR) is 71.6 cm³/mol. The Morgan fingerprint density at radius 1 is 1.42 bits per heavy atom. The van der Waals surface area contributed by atoms with E-state index in [0.29, 0.717) is 5.75 Å². The third-order valence-electron chi connectivity index (χ3n) is 2.30. The molecule has 0 aliphatic heterocycles. The molecule has 0 radical (unpaired) electrons. The first kappa shape index (κ1) is 15.7. The van der Waals surface area contributed by atoms with Gasteiger partial charge in [-0.1, -0.05) is 11.6 Å². The maximum Gasteiger partial charge on any atom is 0.238 e. The van der Waals surface area contributed by atoms with Crippen LogP contribution in [0.4, 0.5) is 0 Å². The van der Waals surface area contributed by atoms with Gasteiger partial charge in [-0.25, -0.2) is 13.6 Å². The Kier molecular flexibility index (Phi) is 5.16. The number of benzene rings is 1. The van der Waals surface area contributed by atoms with E-state index in [1.807, 2.05) is 0 Å². The summed E-state index contributed by atoms with van der Waals surface area (Å²) in [6.45, 7) is 0.158. The topological polar surface area (TPSA) is 89.7 Å². The lowest BCUT2D eigenvalue weighted by Gasteiger charge is -2.12. The Balaban J connectivity index is 2.69. The number of nitrogens with two attached hydrogens (primary N) is 1. The molecule has 1 aromatic rings. The molecule has 0 heterocycles. The Morgan fingerprint density at radius 2 is 2.05 bits per heavy atom. The first-order chi connectivity index (χ1) is 8.71. The van der Waals surface area contributed by atoms with Crippen molar-refractivity contribution in [3.8, 4) is 5.75 Å². The minimum absolute atomic E-state index is 0.0720. The summed E-state index contributed by atoms with van der Waals surface area (Å²) in [4.78, 5) is 12.7. The molecule has 1 rings (SSSR count). The quantitative estimate of drug-likeness (QED) is 0.873. The van der Waals surface area contributed by atoms with Crippen molar-refractivity contribution in [2.45, 2.75) is 11.3 Å². The van der Waals surface area contributed by atoms with Gasteiger partial charge < -0.3 is 9.64 Å². The molecule has 0 aliphatic rings. The number of sulfonamides is 1. The van der Waals surface area contributed by atoms with E-state index < -0.39 is 10.0 Å². The van der Waals surface area contributed by atoms with Crippen molar-refractivity contribution in [1.29, 1.82) is 0 Å². The van der Waals surface area contributed by atoms with Gasteiger partial charge in [0.05, 0.1) is 22.9 Å². The van der Waals surface area contributed by atoms with Crippen molar-refractivity contribution >= 4 is 27.5 Å². The molecule has 19 heavy (non-hydrogen) atoms. The standard InChI is InChI=1S/C11H15ClN2O4S/c1-14(2)11(15)5-6-18-10-4-3-8(7-9(10)12)19(13,16)17/h3-4,7H,5-6H2,1-2H3,(H2,13,16,17). The fraction of sp³-hybridized carbons (Fsp3) is 0.364. The average molecular weight is 307 g/mol. The van der Waals surface area contributed by atoms with E-state index in [0.717, 1.165) is 0 Å². The zero-order valence-corrected chi connectivity index (χ0v) is 12.2. The van der Waals surface area contributed by atoms with Gasteiger partial charge in [0.25, 0.3) is 0 Å². The van der Waals surface area contributed by atoms with Gasteiger partial charge in [0.1, 0.15) is 5.75 Å². The third-order valence-corrected chi connectivity index (χ3v) is 3.51. The maximum absolute atomic E-state index is 11.3. The van der Waals surface area contributed by atoms with Crippen LogP contribution >= 0.6 is 11.6 Å². The predicted octanol–water partition coefficient (Wildman–Crippen LogP) is 0.845. The van der Waals surface area contributed by atoms with Crippen molar-refractivity contribution in [1.82, 2.24) is 4.90 Å². The second-order valence-electron chi connectivity index (χ2n) is 4.02. The number of carbonyl (C=O) groups excluding carboxylic acids is 1. The summed E-state index contributed by atoms with van der Waals surface area (Å²) < 4.78 is 27.5. The summed E-state index contributed by atoms with van der Waals surface area (Å²) in [5.41, 5.74) is 0. The monoisotopic (exact) mass is 306 g/mol. The number of amides is 1. The molecule has 0 atom stereocenters. The normalized spacial score (nSPS) is 11.2. The number of primary sulfonamides is 1. The van der Waals surface area contributed by atoms with Gasteiger partial charge in [0, 0.05) is 14.1 Å². The van der Waals surface area contributed by atoms with E-state index in [1.54, 1.807) is 14.1 Å².